The number of hydrogen-bond donors (Lipinski definition) is 3. The van der Waals surface area contributed by atoms with Crippen LogP contribution in [-0.2, 0) is 14.3 Å². The largest absolute Gasteiger partial charge is 0.490 e. The van der Waals surface area contributed by atoms with Crippen LogP contribution < -0.4 is 5.32 Å². The molecule has 3 N–H and O–H groups in total. The van der Waals surface area contributed by atoms with Gasteiger partial charge in [0.1, 0.15) is 11.4 Å². The summed E-state index contributed by atoms with van der Waals surface area (Å²) in [7, 11) is 0. The molecule has 1 aromatic rings. The second-order valence-electron chi connectivity index (χ2n) is 6.89. The van der Waals surface area contributed by atoms with E-state index in [1.165, 1.54) is 0 Å². The van der Waals surface area contributed by atoms with Crippen molar-refractivity contribution in [3.05, 3.63) is 18.6 Å². The van der Waals surface area contributed by atoms with Gasteiger partial charge in [0.25, 0.3) is 0 Å². The summed E-state index contributed by atoms with van der Waals surface area (Å²) in [5, 5.41) is 19.6. The number of aromatic nitrogens is 2. The summed E-state index contributed by atoms with van der Waals surface area (Å²) >= 11 is 0. The average Bonchev–Trinajstić information content (AvgIpc) is 2.96. The van der Waals surface area contributed by atoms with Gasteiger partial charge in [-0.25, -0.2) is 9.78 Å². The fourth-order valence-electron chi connectivity index (χ4n) is 3.24. The molecule has 12 heteroatoms. The number of nitrogens with zero attached hydrogens (tertiary/aromatic N) is 3. The number of rotatable bonds is 5. The molecule has 3 rings (SSSR count). The molecule has 0 bridgehead atoms. The van der Waals surface area contributed by atoms with Crippen LogP contribution in [0.3, 0.4) is 0 Å². The number of nitrogens with one attached hydrogen (secondary N) is 1. The van der Waals surface area contributed by atoms with Crippen molar-refractivity contribution in [1.82, 2.24) is 14.9 Å². The van der Waals surface area contributed by atoms with Gasteiger partial charge < -0.3 is 25.0 Å². The Kier molecular flexibility index (Phi) is 8.56. The summed E-state index contributed by atoms with van der Waals surface area (Å²) in [4.78, 5) is 19.4. The molecule has 29 heavy (non-hydrogen) atoms. The molecule has 2 fully saturated rings. The number of carboxylic acids is 1. The van der Waals surface area contributed by atoms with E-state index in [0.29, 0.717) is 25.7 Å². The summed E-state index contributed by atoms with van der Waals surface area (Å²) in [5.74, 6) is -1.53. The van der Waals surface area contributed by atoms with Crippen LogP contribution in [0.4, 0.5) is 19.0 Å². The summed E-state index contributed by atoms with van der Waals surface area (Å²) < 4.78 is 43.6. The number of hydrogen-bond acceptors (Lipinski definition) is 8. The van der Waals surface area contributed by atoms with Crippen molar-refractivity contribution in [1.29, 1.82) is 0 Å². The number of alkyl halides is 3. The highest BCUT2D eigenvalue weighted by Crippen LogP contribution is 2.32. The highest BCUT2D eigenvalue weighted by atomic mass is 19.4. The number of aliphatic carboxylic acids is 1. The van der Waals surface area contributed by atoms with Gasteiger partial charge >= 0.3 is 12.1 Å². The van der Waals surface area contributed by atoms with E-state index in [0.717, 1.165) is 38.5 Å². The van der Waals surface area contributed by atoms with Gasteiger partial charge in [0.05, 0.1) is 32.6 Å². The van der Waals surface area contributed by atoms with Crippen LogP contribution in [0, 0.1) is 5.92 Å². The average molecular weight is 422 g/mol. The minimum Gasteiger partial charge on any atom is -0.475 e. The molecule has 0 aliphatic carbocycles. The fourth-order valence-corrected chi connectivity index (χ4v) is 3.24. The highest BCUT2D eigenvalue weighted by molar-refractivity contribution is 5.73. The van der Waals surface area contributed by atoms with Gasteiger partial charge in [-0.2, -0.15) is 13.2 Å². The number of ether oxygens (including phenoxy) is 2. The molecule has 0 aromatic carbocycles. The Morgan fingerprint density at radius 3 is 2.79 bits per heavy atom. The van der Waals surface area contributed by atoms with Gasteiger partial charge in [-0.05, 0) is 6.42 Å². The van der Waals surface area contributed by atoms with Crippen molar-refractivity contribution in [2.75, 3.05) is 57.9 Å². The molecule has 9 nitrogen and oxygen atoms in total. The summed E-state index contributed by atoms with van der Waals surface area (Å²) in [6.45, 7) is 5.42. The molecule has 3 heterocycles. The number of aliphatic hydroxyl groups excluding tert-OH is 1. The van der Waals surface area contributed by atoms with Gasteiger partial charge in [-0.1, -0.05) is 0 Å². The van der Waals surface area contributed by atoms with E-state index in [1.807, 2.05) is 0 Å². The van der Waals surface area contributed by atoms with Gasteiger partial charge in [0.2, 0.25) is 0 Å². The third-order valence-corrected chi connectivity index (χ3v) is 4.51. The van der Waals surface area contributed by atoms with Gasteiger partial charge in [-0.3, -0.25) is 9.88 Å². The molecule has 2 aliphatic rings. The number of β-amino-alcohol motifs (C(OH)–C–C–N with tert-alkyl or cyclic N) is 1. The Hall–Kier alpha value is -2.02. The Balaban J connectivity index is 0.000000370. The van der Waals surface area contributed by atoms with E-state index in [9.17, 15) is 13.2 Å². The molecule has 2 unspecified atom stereocenters. The molecule has 0 radical (unpaired) electrons. The molecule has 0 amide bonds. The standard InChI is InChI=1S/C15H24N4O3.C2HF3O2/c20-5-3-19-4-6-21-12-15(11-19)7-13(10-22-15)8-18-14-9-16-1-2-17-14;3-2(4,5)1(6)7/h1-2,9,13,20H,3-8,10-12H2,(H,17,18);(H,6,7). The van der Waals surface area contributed by atoms with Crippen molar-refractivity contribution in [3.8, 4) is 0 Å². The van der Waals surface area contributed by atoms with Gasteiger partial charge in [0.15, 0.2) is 0 Å². The second kappa shape index (κ2) is 10.7. The third kappa shape index (κ3) is 7.72. The molecular formula is C17H25F3N4O5. The Morgan fingerprint density at radius 1 is 1.41 bits per heavy atom. The maximum atomic E-state index is 10.6. The number of anilines is 1. The SMILES string of the molecule is O=C(O)C(F)(F)F.OCCN1CCOCC2(CC(CNc3cnccn3)CO2)C1. The van der Waals surface area contributed by atoms with Crippen molar-refractivity contribution >= 4 is 11.8 Å². The lowest BCUT2D eigenvalue weighted by Gasteiger charge is -2.30. The minimum absolute atomic E-state index is 0.174. The first-order chi connectivity index (χ1) is 13.7. The van der Waals surface area contributed by atoms with Crippen LogP contribution in [0.25, 0.3) is 0 Å². The van der Waals surface area contributed by atoms with Crippen LogP contribution in [0.2, 0.25) is 0 Å². The van der Waals surface area contributed by atoms with E-state index in [1.54, 1.807) is 18.6 Å². The maximum Gasteiger partial charge on any atom is 0.490 e. The maximum absolute atomic E-state index is 10.6. The normalized spacial score (nSPS) is 25.2. The van der Waals surface area contributed by atoms with Crippen molar-refractivity contribution in [2.24, 2.45) is 5.92 Å². The van der Waals surface area contributed by atoms with E-state index in [4.69, 9.17) is 24.5 Å². The highest BCUT2D eigenvalue weighted by Gasteiger charge is 2.43. The topological polar surface area (TPSA) is 117 Å². The third-order valence-electron chi connectivity index (χ3n) is 4.51. The van der Waals surface area contributed by atoms with Crippen molar-refractivity contribution in [3.63, 3.8) is 0 Å². The minimum atomic E-state index is -5.08. The van der Waals surface area contributed by atoms with Crippen LogP contribution in [0.5, 0.6) is 0 Å². The number of carbonyl (C=O) groups is 1. The first-order valence-corrected chi connectivity index (χ1v) is 9.09. The molecule has 1 aromatic heterocycles. The lowest BCUT2D eigenvalue weighted by atomic mass is 9.94. The first kappa shape index (κ1) is 23.3. The smallest absolute Gasteiger partial charge is 0.475 e. The van der Waals surface area contributed by atoms with E-state index in [-0.39, 0.29) is 12.2 Å². The number of halogens is 3. The van der Waals surface area contributed by atoms with Crippen LogP contribution in [0.15, 0.2) is 18.6 Å². The molecule has 0 saturated carbocycles. The lowest BCUT2D eigenvalue weighted by molar-refractivity contribution is -0.192. The zero-order chi connectivity index (χ0) is 21.3. The van der Waals surface area contributed by atoms with Crippen molar-refractivity contribution in [2.45, 2.75) is 18.2 Å². The van der Waals surface area contributed by atoms with Gasteiger partial charge in [0, 0.05) is 44.5 Å². The molecular weight excluding hydrogens is 397 g/mol. The van der Waals surface area contributed by atoms with Crippen LogP contribution in [0.1, 0.15) is 6.42 Å². The summed E-state index contributed by atoms with van der Waals surface area (Å²) in [6.07, 6.45) is 0.948. The second-order valence-corrected chi connectivity index (χ2v) is 6.89. The van der Waals surface area contributed by atoms with Crippen LogP contribution in [-0.4, -0.2) is 95.4 Å². The van der Waals surface area contributed by atoms with E-state index >= 15 is 0 Å². The molecule has 2 aliphatic heterocycles. The van der Waals surface area contributed by atoms with E-state index < -0.39 is 12.1 Å². The monoisotopic (exact) mass is 422 g/mol. The first-order valence-electron chi connectivity index (χ1n) is 9.09. The zero-order valence-electron chi connectivity index (χ0n) is 15.8. The molecule has 2 atom stereocenters. The predicted molar refractivity (Wildman–Crippen MR) is 95.3 cm³/mol. The Labute approximate surface area is 165 Å². The predicted octanol–water partition coefficient (Wildman–Crippen LogP) is 0.622. The summed E-state index contributed by atoms with van der Waals surface area (Å²) in [5.41, 5.74) is -0.236. The molecule has 2 saturated heterocycles. The molecule has 164 valence electrons. The van der Waals surface area contributed by atoms with Crippen LogP contribution >= 0.6 is 0 Å². The Bertz CT molecular complexity index is 637. The summed E-state index contributed by atoms with van der Waals surface area (Å²) in [6, 6.07) is 0. The number of carboxylic acid groups (broad SMARTS) is 1. The van der Waals surface area contributed by atoms with Gasteiger partial charge in [-0.15, -0.1) is 0 Å². The van der Waals surface area contributed by atoms with E-state index in [2.05, 4.69) is 20.2 Å². The Morgan fingerprint density at radius 2 is 2.17 bits per heavy atom. The zero-order valence-corrected chi connectivity index (χ0v) is 15.8. The fraction of sp³-hybridized carbons (Fsp3) is 0.706. The number of aliphatic hydroxyl groups is 1. The lowest BCUT2D eigenvalue weighted by Crippen LogP contribution is -2.45. The van der Waals surface area contributed by atoms with Crippen molar-refractivity contribution < 1.29 is 37.7 Å². The quantitative estimate of drug-likeness (QED) is 0.628. The molecule has 1 spiro atoms.